The highest BCUT2D eigenvalue weighted by Crippen LogP contribution is 2.69. The Hall–Kier alpha value is -0.860. The van der Waals surface area contributed by atoms with E-state index in [4.69, 9.17) is 4.84 Å². The zero-order chi connectivity index (χ0) is 17.3. The number of β-amino-alcohol motifs (C(OH)–C–C–N with tert-alkyl or cyclic N) is 1. The standard InChI is InChI=1S/C16H22F3NO4/c17-16(18,19)15-4-9-1-10(5-15)3-14(2-9,8-15)13(23)20-6-11(21)12(22)7-24-20/h9-12,21-22H,1-8H2/t9?,10?,11-,12+,14?,15?/m0/s1. The van der Waals surface area contributed by atoms with Crippen molar-refractivity contribution in [1.29, 1.82) is 0 Å². The lowest BCUT2D eigenvalue weighted by molar-refractivity contribution is -0.293. The SMILES string of the molecule is O=C(N1C[C@H](O)[C@H](O)CO1)C12CC3CC(C1)CC(C(F)(F)F)(C3)C2. The summed E-state index contributed by atoms with van der Waals surface area (Å²) >= 11 is 0. The molecule has 1 heterocycles. The Balaban J connectivity index is 1.62. The zero-order valence-electron chi connectivity index (χ0n) is 13.3. The third-order valence-corrected chi connectivity index (χ3v) is 6.54. The molecule has 8 heteroatoms. The quantitative estimate of drug-likeness (QED) is 0.755. The second-order valence-corrected chi connectivity index (χ2v) is 8.32. The van der Waals surface area contributed by atoms with E-state index in [9.17, 15) is 28.2 Å². The number of amides is 1. The molecular formula is C16H22F3NO4. The van der Waals surface area contributed by atoms with Crippen LogP contribution in [0.5, 0.6) is 0 Å². The molecular weight excluding hydrogens is 327 g/mol. The van der Waals surface area contributed by atoms with Crippen LogP contribution in [-0.2, 0) is 9.63 Å². The van der Waals surface area contributed by atoms with Gasteiger partial charge in [0.15, 0.2) is 0 Å². The molecule has 1 amide bonds. The first-order valence-corrected chi connectivity index (χ1v) is 8.52. The third-order valence-electron chi connectivity index (χ3n) is 6.54. The highest BCUT2D eigenvalue weighted by molar-refractivity contribution is 5.82. The molecule has 2 unspecified atom stereocenters. The number of carbonyl (C=O) groups is 1. The fraction of sp³-hybridized carbons (Fsp3) is 0.938. The topological polar surface area (TPSA) is 70.0 Å². The lowest BCUT2D eigenvalue weighted by atomic mass is 9.43. The maximum Gasteiger partial charge on any atom is 0.394 e. The number of alkyl halides is 3. The molecule has 5 fully saturated rings. The molecule has 0 aromatic carbocycles. The van der Waals surface area contributed by atoms with E-state index in [1.807, 2.05) is 0 Å². The second kappa shape index (κ2) is 5.08. The van der Waals surface area contributed by atoms with E-state index in [1.165, 1.54) is 0 Å². The molecule has 0 radical (unpaired) electrons. The van der Waals surface area contributed by atoms with Crippen LogP contribution in [0.15, 0.2) is 0 Å². The van der Waals surface area contributed by atoms with Gasteiger partial charge in [0.25, 0.3) is 5.91 Å². The first-order chi connectivity index (χ1) is 11.1. The summed E-state index contributed by atoms with van der Waals surface area (Å²) in [5, 5.41) is 20.2. The van der Waals surface area contributed by atoms with E-state index in [2.05, 4.69) is 0 Å². The van der Waals surface area contributed by atoms with E-state index >= 15 is 0 Å². The van der Waals surface area contributed by atoms with Crippen LogP contribution in [0.3, 0.4) is 0 Å². The maximum absolute atomic E-state index is 13.8. The largest absolute Gasteiger partial charge is 0.394 e. The van der Waals surface area contributed by atoms with Crippen LogP contribution >= 0.6 is 0 Å². The van der Waals surface area contributed by atoms with Crippen LogP contribution in [0.4, 0.5) is 13.2 Å². The summed E-state index contributed by atoms with van der Waals surface area (Å²) < 4.78 is 41.3. The lowest BCUT2D eigenvalue weighted by Gasteiger charge is -2.61. The molecule has 1 saturated heterocycles. The molecule has 4 bridgehead atoms. The Bertz CT molecular complexity index is 538. The Morgan fingerprint density at radius 1 is 1.08 bits per heavy atom. The van der Waals surface area contributed by atoms with Crippen molar-refractivity contribution >= 4 is 5.91 Å². The molecule has 24 heavy (non-hydrogen) atoms. The van der Waals surface area contributed by atoms with Crippen molar-refractivity contribution in [3.63, 3.8) is 0 Å². The van der Waals surface area contributed by atoms with Crippen LogP contribution in [0.25, 0.3) is 0 Å². The van der Waals surface area contributed by atoms with Gasteiger partial charge < -0.3 is 10.2 Å². The van der Waals surface area contributed by atoms with Gasteiger partial charge in [-0.3, -0.25) is 9.63 Å². The molecule has 0 spiro atoms. The minimum atomic E-state index is -4.30. The number of aliphatic hydroxyl groups excluding tert-OH is 2. The number of aliphatic hydroxyl groups is 2. The average molecular weight is 349 g/mol. The monoisotopic (exact) mass is 349 g/mol. The third kappa shape index (κ3) is 2.29. The van der Waals surface area contributed by atoms with Crippen molar-refractivity contribution in [2.24, 2.45) is 22.7 Å². The molecule has 1 aliphatic heterocycles. The van der Waals surface area contributed by atoms with Crippen molar-refractivity contribution in [3.8, 4) is 0 Å². The van der Waals surface area contributed by atoms with Crippen LogP contribution in [0.1, 0.15) is 38.5 Å². The number of hydrogen-bond donors (Lipinski definition) is 2. The number of hydroxylamine groups is 2. The van der Waals surface area contributed by atoms with Gasteiger partial charge in [-0.25, -0.2) is 5.06 Å². The predicted molar refractivity (Wildman–Crippen MR) is 75.3 cm³/mol. The molecule has 5 aliphatic rings. The van der Waals surface area contributed by atoms with Crippen LogP contribution in [-0.4, -0.2) is 52.7 Å². The van der Waals surface area contributed by atoms with E-state index < -0.39 is 35.1 Å². The molecule has 5 rings (SSSR count). The van der Waals surface area contributed by atoms with Gasteiger partial charge in [-0.2, -0.15) is 13.2 Å². The fourth-order valence-electron chi connectivity index (χ4n) is 5.87. The highest BCUT2D eigenvalue weighted by Gasteiger charge is 2.69. The molecule has 0 aromatic rings. The summed E-state index contributed by atoms with van der Waals surface area (Å²) in [6.07, 6.45) is -4.70. The molecule has 5 nitrogen and oxygen atoms in total. The summed E-state index contributed by atoms with van der Waals surface area (Å²) in [6.45, 7) is -0.420. The second-order valence-electron chi connectivity index (χ2n) is 8.32. The van der Waals surface area contributed by atoms with Crippen LogP contribution in [0, 0.1) is 22.7 Å². The van der Waals surface area contributed by atoms with E-state index in [-0.39, 0.29) is 44.2 Å². The number of halogens is 3. The van der Waals surface area contributed by atoms with Gasteiger partial charge in [0.2, 0.25) is 0 Å². The maximum atomic E-state index is 13.8. The van der Waals surface area contributed by atoms with E-state index in [0.717, 1.165) is 11.5 Å². The average Bonchev–Trinajstić information content (AvgIpc) is 2.47. The van der Waals surface area contributed by atoms with Crippen molar-refractivity contribution in [2.45, 2.75) is 56.9 Å². The smallest absolute Gasteiger partial charge is 0.388 e. The molecule has 4 saturated carbocycles. The molecule has 2 N–H and O–H groups in total. The normalized spacial score (nSPS) is 48.0. The van der Waals surface area contributed by atoms with Crippen molar-refractivity contribution in [1.82, 2.24) is 5.06 Å². The van der Waals surface area contributed by atoms with Gasteiger partial charge in [0, 0.05) is 0 Å². The van der Waals surface area contributed by atoms with Crippen LogP contribution < -0.4 is 0 Å². The van der Waals surface area contributed by atoms with Crippen LogP contribution in [0.2, 0.25) is 0 Å². The first kappa shape index (κ1) is 16.6. The summed E-state index contributed by atoms with van der Waals surface area (Å²) in [5.74, 6) is -0.592. The Labute approximate surface area is 137 Å². The number of carbonyl (C=O) groups excluding carboxylic acids is 1. The van der Waals surface area contributed by atoms with Gasteiger partial charge in [-0.15, -0.1) is 0 Å². The van der Waals surface area contributed by atoms with Gasteiger partial charge in [-0.1, -0.05) is 0 Å². The zero-order valence-corrected chi connectivity index (χ0v) is 13.3. The highest BCUT2D eigenvalue weighted by atomic mass is 19.4. The number of hydrogen-bond acceptors (Lipinski definition) is 4. The Morgan fingerprint density at radius 3 is 2.25 bits per heavy atom. The van der Waals surface area contributed by atoms with Crippen molar-refractivity contribution in [2.75, 3.05) is 13.2 Å². The van der Waals surface area contributed by atoms with Crippen molar-refractivity contribution in [3.05, 3.63) is 0 Å². The van der Waals surface area contributed by atoms with Gasteiger partial charge in [0.05, 0.1) is 17.4 Å². The van der Waals surface area contributed by atoms with Gasteiger partial charge in [0.1, 0.15) is 18.8 Å². The summed E-state index contributed by atoms with van der Waals surface area (Å²) in [6, 6.07) is 0. The lowest BCUT2D eigenvalue weighted by Crippen LogP contribution is -2.63. The summed E-state index contributed by atoms with van der Waals surface area (Å²) in [7, 11) is 0. The molecule has 0 aromatic heterocycles. The minimum absolute atomic E-state index is 0.0721. The number of nitrogens with zero attached hydrogens (tertiary/aromatic N) is 1. The van der Waals surface area contributed by atoms with Gasteiger partial charge in [-0.05, 0) is 50.4 Å². The van der Waals surface area contributed by atoms with Gasteiger partial charge >= 0.3 is 6.18 Å². The molecule has 4 aliphatic carbocycles. The van der Waals surface area contributed by atoms with E-state index in [1.54, 1.807) is 0 Å². The van der Waals surface area contributed by atoms with E-state index in [0.29, 0.717) is 12.8 Å². The summed E-state index contributed by atoms with van der Waals surface area (Å²) in [4.78, 5) is 18.2. The minimum Gasteiger partial charge on any atom is -0.388 e. The Morgan fingerprint density at radius 2 is 1.71 bits per heavy atom. The molecule has 4 atom stereocenters. The number of rotatable bonds is 1. The first-order valence-electron chi connectivity index (χ1n) is 8.52. The summed E-state index contributed by atoms with van der Waals surface area (Å²) in [5.41, 5.74) is -2.79. The fourth-order valence-corrected chi connectivity index (χ4v) is 5.87. The van der Waals surface area contributed by atoms with Crippen molar-refractivity contribution < 1.29 is 33.0 Å². The molecule has 136 valence electrons. The Kier molecular flexibility index (Phi) is 3.51. The predicted octanol–water partition coefficient (Wildman–Crippen LogP) is 1.63.